The Kier molecular flexibility index (Phi) is 7.18. The number of hydrogen-bond acceptors (Lipinski definition) is 1. The van der Waals surface area contributed by atoms with Gasteiger partial charge in [0.1, 0.15) is 0 Å². The average molecular weight is 146 g/mol. The Morgan fingerprint density at radius 2 is 1.36 bits per heavy atom. The van der Waals surface area contributed by atoms with Gasteiger partial charge < -0.3 is 4.74 Å². The Morgan fingerprint density at radius 3 is 1.73 bits per heavy atom. The van der Waals surface area contributed by atoms with Crippen LogP contribution in [-0.2, 0) is 4.74 Å². The lowest BCUT2D eigenvalue weighted by Gasteiger charge is -1.82. The molecule has 56 valence electrons. The summed E-state index contributed by atoms with van der Waals surface area (Å²) in [5.74, 6) is 10.8. The van der Waals surface area contributed by atoms with Crippen LogP contribution in [0.2, 0.25) is 0 Å². The van der Waals surface area contributed by atoms with Crippen molar-refractivity contribution in [3.05, 3.63) is 24.7 Å². The Morgan fingerprint density at radius 1 is 0.909 bits per heavy atom. The largest absolute Gasteiger partial charge is 0.471 e. The van der Waals surface area contributed by atoms with Crippen LogP contribution in [0.1, 0.15) is 13.8 Å². The molecule has 0 aromatic rings. The van der Waals surface area contributed by atoms with E-state index in [4.69, 9.17) is 4.74 Å². The molecule has 0 radical (unpaired) electrons. The van der Waals surface area contributed by atoms with E-state index in [0.717, 1.165) is 0 Å². The van der Waals surface area contributed by atoms with Crippen LogP contribution in [0.15, 0.2) is 24.7 Å². The van der Waals surface area contributed by atoms with Gasteiger partial charge in [-0.2, -0.15) is 0 Å². The zero-order valence-corrected chi connectivity index (χ0v) is 6.72. The Balaban J connectivity index is 3.51. The van der Waals surface area contributed by atoms with Gasteiger partial charge in [-0.05, 0) is 13.8 Å². The Hall–Kier alpha value is -1.60. The van der Waals surface area contributed by atoms with Gasteiger partial charge in [-0.25, -0.2) is 0 Å². The van der Waals surface area contributed by atoms with Gasteiger partial charge in [0.15, 0.2) is 0 Å². The normalized spacial score (nSPS) is 8.55. The van der Waals surface area contributed by atoms with Crippen LogP contribution < -0.4 is 0 Å². The van der Waals surface area contributed by atoms with Gasteiger partial charge in [0.2, 0.25) is 0 Å². The van der Waals surface area contributed by atoms with Crippen LogP contribution in [0.3, 0.4) is 0 Å². The summed E-state index contributed by atoms with van der Waals surface area (Å²) in [7, 11) is 0. The van der Waals surface area contributed by atoms with Crippen molar-refractivity contribution in [2.75, 3.05) is 0 Å². The summed E-state index contributed by atoms with van der Waals surface area (Å²) in [6, 6.07) is 0. The summed E-state index contributed by atoms with van der Waals surface area (Å²) in [6.45, 7) is 3.53. The molecule has 11 heavy (non-hydrogen) atoms. The predicted octanol–water partition coefficient (Wildman–Crippen LogP) is 2.08. The van der Waals surface area contributed by atoms with Gasteiger partial charge >= 0.3 is 0 Å². The average Bonchev–Trinajstić information content (AvgIpc) is 2.03. The lowest BCUT2D eigenvalue weighted by molar-refractivity contribution is 0.403. The standard InChI is InChI=1S/C10H10O/c1-3-5-7-9-11-10-8-6-4-2/h7-10H,1-2H3. The van der Waals surface area contributed by atoms with E-state index in [0.29, 0.717) is 0 Å². The van der Waals surface area contributed by atoms with Gasteiger partial charge in [0.25, 0.3) is 0 Å². The molecule has 0 heterocycles. The molecule has 0 bridgehead atoms. The van der Waals surface area contributed by atoms with Gasteiger partial charge in [0, 0.05) is 12.2 Å². The third-order valence-corrected chi connectivity index (χ3v) is 0.749. The van der Waals surface area contributed by atoms with Crippen LogP contribution >= 0.6 is 0 Å². The minimum absolute atomic E-state index is 1.50. The van der Waals surface area contributed by atoms with Crippen molar-refractivity contribution < 1.29 is 4.74 Å². The van der Waals surface area contributed by atoms with Crippen LogP contribution in [-0.4, -0.2) is 0 Å². The molecule has 0 aromatic carbocycles. The predicted molar refractivity (Wildman–Crippen MR) is 46.3 cm³/mol. The molecule has 1 heteroatoms. The van der Waals surface area contributed by atoms with Crippen LogP contribution in [0.4, 0.5) is 0 Å². The molecule has 0 saturated carbocycles. The number of hydrogen-bond donors (Lipinski definition) is 0. The van der Waals surface area contributed by atoms with E-state index in [1.807, 2.05) is 0 Å². The van der Waals surface area contributed by atoms with E-state index in [9.17, 15) is 0 Å². The molecule has 0 aliphatic rings. The summed E-state index contributed by atoms with van der Waals surface area (Å²) in [5, 5.41) is 0. The first kappa shape index (κ1) is 9.40. The third kappa shape index (κ3) is 8.40. The minimum Gasteiger partial charge on any atom is -0.471 e. The summed E-state index contributed by atoms with van der Waals surface area (Å²) < 4.78 is 4.87. The molecule has 0 spiro atoms. The molecule has 1 nitrogen and oxygen atoms in total. The van der Waals surface area contributed by atoms with Crippen LogP contribution in [0, 0.1) is 23.7 Å². The van der Waals surface area contributed by atoms with Crippen molar-refractivity contribution in [3.8, 4) is 23.7 Å². The lowest BCUT2D eigenvalue weighted by atomic mass is 10.6. The number of allylic oxidation sites excluding steroid dienone is 2. The van der Waals surface area contributed by atoms with Gasteiger partial charge in [0.05, 0.1) is 12.5 Å². The van der Waals surface area contributed by atoms with Crippen LogP contribution in [0.5, 0.6) is 0 Å². The van der Waals surface area contributed by atoms with Gasteiger partial charge in [-0.15, -0.1) is 11.8 Å². The molecule has 0 unspecified atom stereocenters. The molecular weight excluding hydrogens is 136 g/mol. The topological polar surface area (TPSA) is 9.23 Å². The molecule has 0 fully saturated rings. The van der Waals surface area contributed by atoms with Crippen molar-refractivity contribution in [1.82, 2.24) is 0 Å². The smallest absolute Gasteiger partial charge is 0.0985 e. The quantitative estimate of drug-likeness (QED) is 0.428. The number of ether oxygens (including phenoxy) is 1. The first-order chi connectivity index (χ1) is 5.41. The molecule has 0 saturated heterocycles. The third-order valence-electron chi connectivity index (χ3n) is 0.749. The molecular formula is C10H10O. The Bertz CT molecular complexity index is 222. The second-order valence-corrected chi connectivity index (χ2v) is 1.53. The van der Waals surface area contributed by atoms with E-state index in [-0.39, 0.29) is 0 Å². The van der Waals surface area contributed by atoms with E-state index >= 15 is 0 Å². The lowest BCUT2D eigenvalue weighted by Crippen LogP contribution is -1.62. The maximum Gasteiger partial charge on any atom is 0.0985 e. The molecule has 0 aliphatic carbocycles. The van der Waals surface area contributed by atoms with Crippen molar-refractivity contribution in [2.45, 2.75) is 13.8 Å². The zero-order valence-electron chi connectivity index (χ0n) is 6.72. The molecule has 0 aliphatic heterocycles. The fourth-order valence-corrected chi connectivity index (χ4v) is 0.359. The second kappa shape index (κ2) is 8.40. The molecule has 0 rings (SSSR count). The second-order valence-electron chi connectivity index (χ2n) is 1.53. The van der Waals surface area contributed by atoms with Gasteiger partial charge in [-0.1, -0.05) is 11.8 Å². The minimum atomic E-state index is 1.50. The summed E-state index contributed by atoms with van der Waals surface area (Å²) in [5.41, 5.74) is 0. The van der Waals surface area contributed by atoms with Crippen molar-refractivity contribution in [1.29, 1.82) is 0 Å². The highest BCUT2D eigenvalue weighted by atomic mass is 16.5. The molecule has 0 N–H and O–H groups in total. The highest BCUT2D eigenvalue weighted by Crippen LogP contribution is 1.78. The number of rotatable bonds is 2. The van der Waals surface area contributed by atoms with E-state index in [1.165, 1.54) is 12.5 Å². The zero-order chi connectivity index (χ0) is 8.36. The Labute approximate surface area is 67.8 Å². The van der Waals surface area contributed by atoms with Crippen molar-refractivity contribution >= 4 is 0 Å². The summed E-state index contributed by atoms with van der Waals surface area (Å²) >= 11 is 0. The first-order valence-electron chi connectivity index (χ1n) is 3.22. The van der Waals surface area contributed by atoms with Crippen LogP contribution in [0.25, 0.3) is 0 Å². The molecule has 0 amide bonds. The van der Waals surface area contributed by atoms with Crippen molar-refractivity contribution in [3.63, 3.8) is 0 Å². The SMILES string of the molecule is CC#CC=COC=CC#CC. The van der Waals surface area contributed by atoms with E-state index in [1.54, 1.807) is 26.0 Å². The molecule has 0 aromatic heterocycles. The highest BCUT2D eigenvalue weighted by Gasteiger charge is 1.63. The monoisotopic (exact) mass is 146 g/mol. The fraction of sp³-hybridized carbons (Fsp3) is 0.200. The summed E-state index contributed by atoms with van der Waals surface area (Å²) in [6.07, 6.45) is 6.27. The maximum atomic E-state index is 4.87. The van der Waals surface area contributed by atoms with E-state index < -0.39 is 0 Å². The first-order valence-corrected chi connectivity index (χ1v) is 3.22. The maximum absolute atomic E-state index is 4.87. The van der Waals surface area contributed by atoms with E-state index in [2.05, 4.69) is 23.7 Å². The molecule has 0 atom stereocenters. The highest BCUT2D eigenvalue weighted by molar-refractivity contribution is 5.14. The van der Waals surface area contributed by atoms with Gasteiger partial charge in [-0.3, -0.25) is 0 Å². The van der Waals surface area contributed by atoms with Crippen molar-refractivity contribution in [2.24, 2.45) is 0 Å². The summed E-state index contributed by atoms with van der Waals surface area (Å²) in [4.78, 5) is 0. The fourth-order valence-electron chi connectivity index (χ4n) is 0.359.